The maximum absolute atomic E-state index is 12.7. The second-order valence-electron chi connectivity index (χ2n) is 6.37. The van der Waals surface area contributed by atoms with Crippen LogP contribution in [-0.2, 0) is 16.8 Å². The minimum absolute atomic E-state index is 0.0313. The quantitative estimate of drug-likeness (QED) is 0.882. The van der Waals surface area contributed by atoms with E-state index >= 15 is 0 Å². The molecule has 0 radical (unpaired) electrons. The van der Waals surface area contributed by atoms with Crippen molar-refractivity contribution in [3.63, 3.8) is 0 Å². The van der Waals surface area contributed by atoms with E-state index in [0.717, 1.165) is 11.1 Å². The minimum atomic E-state index is -0.677. The van der Waals surface area contributed by atoms with Crippen molar-refractivity contribution in [2.24, 2.45) is 0 Å². The molecule has 0 fully saturated rings. The lowest BCUT2D eigenvalue weighted by Crippen LogP contribution is -2.39. The van der Waals surface area contributed by atoms with Crippen molar-refractivity contribution >= 4 is 5.91 Å². The lowest BCUT2D eigenvalue weighted by Gasteiger charge is -2.25. The fraction of sp³-hybridized carbons (Fsp3) is 0.350. The summed E-state index contributed by atoms with van der Waals surface area (Å²) in [6, 6.07) is 13.7. The Morgan fingerprint density at radius 2 is 1.75 bits per heavy atom. The highest BCUT2D eigenvalue weighted by molar-refractivity contribution is 5.87. The Balaban J connectivity index is 2.15. The molecule has 2 rings (SSSR count). The fourth-order valence-electron chi connectivity index (χ4n) is 2.58. The number of carbonyl (C=O) groups excluding carboxylic acids is 1. The second kappa shape index (κ2) is 7.39. The van der Waals surface area contributed by atoms with Gasteiger partial charge in [0, 0.05) is 6.54 Å². The number of amides is 1. The normalized spacial score (nSPS) is 11.0. The Kier molecular flexibility index (Phi) is 5.50. The molecule has 1 amide bonds. The highest BCUT2D eigenvalue weighted by atomic mass is 16.5. The van der Waals surface area contributed by atoms with Crippen LogP contribution in [0.4, 0.5) is 0 Å². The second-order valence-corrected chi connectivity index (χ2v) is 6.37. The van der Waals surface area contributed by atoms with Gasteiger partial charge >= 0.3 is 0 Å². The number of rotatable bonds is 6. The Bertz CT molecular complexity index is 723. The number of carbonyl (C=O) groups is 1. The van der Waals surface area contributed by atoms with E-state index in [0.29, 0.717) is 18.0 Å². The summed E-state index contributed by atoms with van der Waals surface area (Å²) in [5.74, 6) is 1.24. The molecule has 0 bridgehead atoms. The van der Waals surface area contributed by atoms with Crippen molar-refractivity contribution in [1.29, 1.82) is 0 Å². The zero-order chi connectivity index (χ0) is 17.7. The van der Waals surface area contributed by atoms with Gasteiger partial charge in [0.15, 0.2) is 11.5 Å². The number of nitrogens with one attached hydrogen (secondary N) is 1. The van der Waals surface area contributed by atoms with E-state index in [4.69, 9.17) is 9.47 Å². The van der Waals surface area contributed by atoms with Crippen LogP contribution in [0.3, 0.4) is 0 Å². The predicted octanol–water partition coefficient (Wildman–Crippen LogP) is 3.61. The first kappa shape index (κ1) is 17.9. The predicted molar refractivity (Wildman–Crippen MR) is 95.6 cm³/mol. The molecule has 0 saturated carbocycles. The van der Waals surface area contributed by atoms with Crippen LogP contribution in [0.25, 0.3) is 0 Å². The van der Waals surface area contributed by atoms with Gasteiger partial charge in [-0.2, -0.15) is 0 Å². The number of ether oxygens (including phenoxy) is 2. The molecule has 4 nitrogen and oxygen atoms in total. The first-order valence-electron chi connectivity index (χ1n) is 7.95. The Hall–Kier alpha value is -2.49. The average Bonchev–Trinajstić information content (AvgIpc) is 2.58. The summed E-state index contributed by atoms with van der Waals surface area (Å²) in [4.78, 5) is 12.7. The van der Waals surface area contributed by atoms with Crippen LogP contribution >= 0.6 is 0 Å². The molecule has 0 aliphatic heterocycles. The number of benzene rings is 2. The van der Waals surface area contributed by atoms with Gasteiger partial charge in [0.2, 0.25) is 5.91 Å². The SMILES string of the molecule is COc1ccc(C(C)(C)C(=O)NCc2cccc(C)c2)cc1OC. The van der Waals surface area contributed by atoms with Crippen molar-refractivity contribution in [3.05, 3.63) is 59.2 Å². The van der Waals surface area contributed by atoms with Gasteiger partial charge in [-0.3, -0.25) is 4.79 Å². The van der Waals surface area contributed by atoms with Crippen molar-refractivity contribution in [3.8, 4) is 11.5 Å². The van der Waals surface area contributed by atoms with E-state index in [1.807, 2.05) is 57.2 Å². The molecule has 0 aliphatic rings. The summed E-state index contributed by atoms with van der Waals surface area (Å²) in [7, 11) is 3.18. The van der Waals surface area contributed by atoms with Crippen molar-refractivity contribution in [2.75, 3.05) is 14.2 Å². The van der Waals surface area contributed by atoms with Gasteiger partial charge in [0.05, 0.1) is 19.6 Å². The highest BCUT2D eigenvalue weighted by Crippen LogP contribution is 2.33. The molecule has 1 N–H and O–H groups in total. The molecular formula is C20H25NO3. The van der Waals surface area contributed by atoms with Crippen LogP contribution < -0.4 is 14.8 Å². The summed E-state index contributed by atoms with van der Waals surface area (Å²) in [6.45, 7) is 6.36. The molecule has 0 unspecified atom stereocenters. The molecule has 0 heterocycles. The summed E-state index contributed by atoms with van der Waals surface area (Å²) < 4.78 is 10.6. The fourth-order valence-corrected chi connectivity index (χ4v) is 2.58. The summed E-state index contributed by atoms with van der Waals surface area (Å²) in [5.41, 5.74) is 2.47. The van der Waals surface area contributed by atoms with E-state index in [2.05, 4.69) is 11.4 Å². The molecule has 2 aromatic carbocycles. The standard InChI is InChI=1S/C20H25NO3/c1-14-7-6-8-15(11-14)13-21-19(22)20(2,3)16-9-10-17(23-4)18(12-16)24-5/h6-12H,13H2,1-5H3,(H,21,22). The third kappa shape index (κ3) is 3.88. The first-order chi connectivity index (χ1) is 11.4. The van der Waals surface area contributed by atoms with E-state index in [-0.39, 0.29) is 5.91 Å². The van der Waals surface area contributed by atoms with Gasteiger partial charge in [0.1, 0.15) is 0 Å². The molecule has 0 aliphatic carbocycles. The summed E-state index contributed by atoms with van der Waals surface area (Å²) >= 11 is 0. The maximum Gasteiger partial charge on any atom is 0.230 e. The third-order valence-corrected chi connectivity index (χ3v) is 4.21. The van der Waals surface area contributed by atoms with Crippen LogP contribution in [0.15, 0.2) is 42.5 Å². The van der Waals surface area contributed by atoms with Gasteiger partial charge in [0.25, 0.3) is 0 Å². The topological polar surface area (TPSA) is 47.6 Å². The molecule has 0 aromatic heterocycles. The van der Waals surface area contributed by atoms with Gasteiger partial charge in [-0.25, -0.2) is 0 Å². The molecule has 0 atom stereocenters. The van der Waals surface area contributed by atoms with Crippen molar-refractivity contribution in [2.45, 2.75) is 32.7 Å². The summed E-state index contributed by atoms with van der Waals surface area (Å²) in [5, 5.41) is 3.02. The minimum Gasteiger partial charge on any atom is -0.493 e. The van der Waals surface area contributed by atoms with Crippen molar-refractivity contribution < 1.29 is 14.3 Å². The van der Waals surface area contributed by atoms with E-state index < -0.39 is 5.41 Å². The van der Waals surface area contributed by atoms with Gasteiger partial charge in [-0.15, -0.1) is 0 Å². The molecular weight excluding hydrogens is 302 g/mol. The smallest absolute Gasteiger partial charge is 0.230 e. The van der Waals surface area contributed by atoms with Crippen LogP contribution in [0.5, 0.6) is 11.5 Å². The van der Waals surface area contributed by atoms with Gasteiger partial charge in [-0.05, 0) is 44.0 Å². The molecule has 0 saturated heterocycles. The highest BCUT2D eigenvalue weighted by Gasteiger charge is 2.30. The number of hydrogen-bond acceptors (Lipinski definition) is 3. The zero-order valence-electron chi connectivity index (χ0n) is 15.0. The zero-order valence-corrected chi connectivity index (χ0v) is 15.0. The third-order valence-electron chi connectivity index (χ3n) is 4.21. The number of methoxy groups -OCH3 is 2. The molecule has 128 valence electrons. The lowest BCUT2D eigenvalue weighted by atomic mass is 9.83. The van der Waals surface area contributed by atoms with Crippen LogP contribution in [-0.4, -0.2) is 20.1 Å². The van der Waals surface area contributed by atoms with E-state index in [9.17, 15) is 4.79 Å². The first-order valence-corrected chi connectivity index (χ1v) is 7.95. The Morgan fingerprint density at radius 1 is 1.04 bits per heavy atom. The summed E-state index contributed by atoms with van der Waals surface area (Å²) in [6.07, 6.45) is 0. The van der Waals surface area contributed by atoms with E-state index in [1.165, 1.54) is 5.56 Å². The van der Waals surface area contributed by atoms with Crippen LogP contribution in [0.2, 0.25) is 0 Å². The Labute approximate surface area is 143 Å². The molecule has 0 spiro atoms. The van der Waals surface area contributed by atoms with Crippen LogP contribution in [0, 0.1) is 6.92 Å². The number of hydrogen-bond donors (Lipinski definition) is 1. The lowest BCUT2D eigenvalue weighted by molar-refractivity contribution is -0.125. The van der Waals surface area contributed by atoms with Gasteiger partial charge < -0.3 is 14.8 Å². The van der Waals surface area contributed by atoms with Crippen molar-refractivity contribution in [1.82, 2.24) is 5.32 Å². The number of aryl methyl sites for hydroxylation is 1. The molecule has 4 heteroatoms. The van der Waals surface area contributed by atoms with Crippen LogP contribution in [0.1, 0.15) is 30.5 Å². The molecule has 24 heavy (non-hydrogen) atoms. The van der Waals surface area contributed by atoms with E-state index in [1.54, 1.807) is 14.2 Å². The van der Waals surface area contributed by atoms with Gasteiger partial charge in [-0.1, -0.05) is 35.9 Å². The molecule has 2 aromatic rings. The average molecular weight is 327 g/mol. The Morgan fingerprint density at radius 3 is 2.38 bits per heavy atom. The maximum atomic E-state index is 12.7. The largest absolute Gasteiger partial charge is 0.493 e. The monoisotopic (exact) mass is 327 g/mol.